The zero-order valence-corrected chi connectivity index (χ0v) is 18.5. The van der Waals surface area contributed by atoms with Gasteiger partial charge in [0.2, 0.25) is 0 Å². The van der Waals surface area contributed by atoms with Crippen LogP contribution in [-0.2, 0) is 6.42 Å². The summed E-state index contributed by atoms with van der Waals surface area (Å²) in [5, 5.41) is 10.7. The second-order valence-electron chi connectivity index (χ2n) is 8.06. The Kier molecular flexibility index (Phi) is 6.16. The topological polar surface area (TPSA) is 102 Å². The van der Waals surface area contributed by atoms with Gasteiger partial charge in [0.05, 0.1) is 41.2 Å². The molecule has 3 N–H and O–H groups in total. The molecule has 164 valence electrons. The SMILES string of the molecule is CCc1nc(C2=C(N)CN(C(=O)c3ccccc3O[C@H]3CCC[C@@H]3O)C2)nc(C)c1Cl. The van der Waals surface area contributed by atoms with Crippen molar-refractivity contribution in [3.8, 4) is 5.75 Å². The number of carbonyl (C=O) groups is 1. The van der Waals surface area contributed by atoms with Crippen molar-refractivity contribution in [2.45, 2.75) is 51.7 Å². The molecule has 1 aliphatic heterocycles. The quantitative estimate of drug-likeness (QED) is 0.737. The lowest BCUT2D eigenvalue weighted by molar-refractivity contribution is 0.0579. The molecule has 2 heterocycles. The van der Waals surface area contributed by atoms with Crippen LogP contribution in [0.3, 0.4) is 0 Å². The molecule has 8 heteroatoms. The summed E-state index contributed by atoms with van der Waals surface area (Å²) in [6.07, 6.45) is 2.30. The molecule has 2 atom stereocenters. The van der Waals surface area contributed by atoms with Crippen molar-refractivity contribution in [1.82, 2.24) is 14.9 Å². The first kappa shape index (κ1) is 21.6. The molecule has 7 nitrogen and oxygen atoms in total. The van der Waals surface area contributed by atoms with Gasteiger partial charge in [-0.25, -0.2) is 9.97 Å². The smallest absolute Gasteiger partial charge is 0.258 e. The summed E-state index contributed by atoms with van der Waals surface area (Å²) in [7, 11) is 0. The predicted octanol–water partition coefficient (Wildman–Crippen LogP) is 3.12. The summed E-state index contributed by atoms with van der Waals surface area (Å²) in [6, 6.07) is 7.14. The van der Waals surface area contributed by atoms with Crippen molar-refractivity contribution in [2.75, 3.05) is 13.1 Å². The van der Waals surface area contributed by atoms with E-state index in [9.17, 15) is 9.90 Å². The van der Waals surface area contributed by atoms with Crippen LogP contribution in [0.1, 0.15) is 53.8 Å². The van der Waals surface area contributed by atoms with E-state index in [2.05, 4.69) is 9.97 Å². The minimum atomic E-state index is -0.503. The van der Waals surface area contributed by atoms with Crippen LogP contribution in [0.25, 0.3) is 5.57 Å². The van der Waals surface area contributed by atoms with Gasteiger partial charge in [-0.3, -0.25) is 4.79 Å². The highest BCUT2D eigenvalue weighted by Gasteiger charge is 2.32. The largest absolute Gasteiger partial charge is 0.487 e. The van der Waals surface area contributed by atoms with Crippen LogP contribution in [-0.4, -0.2) is 51.2 Å². The maximum atomic E-state index is 13.3. The molecule has 1 amide bonds. The van der Waals surface area contributed by atoms with Crippen molar-refractivity contribution < 1.29 is 14.6 Å². The molecule has 2 aliphatic rings. The molecular weight excluding hydrogens is 416 g/mol. The summed E-state index contributed by atoms with van der Waals surface area (Å²) >= 11 is 6.30. The number of rotatable bonds is 5. The fraction of sp³-hybridized carbons (Fsp3) is 0.435. The van der Waals surface area contributed by atoms with Crippen LogP contribution in [0.2, 0.25) is 5.02 Å². The Morgan fingerprint density at radius 3 is 2.77 bits per heavy atom. The third-order valence-electron chi connectivity index (χ3n) is 5.89. The van der Waals surface area contributed by atoms with Crippen LogP contribution in [0.4, 0.5) is 0 Å². The normalized spacial score (nSPS) is 21.1. The molecule has 0 bridgehead atoms. The van der Waals surface area contributed by atoms with Crippen LogP contribution >= 0.6 is 11.6 Å². The predicted molar refractivity (Wildman–Crippen MR) is 119 cm³/mol. The van der Waals surface area contributed by atoms with Crippen LogP contribution < -0.4 is 10.5 Å². The lowest BCUT2D eigenvalue weighted by Crippen LogP contribution is -2.32. The number of aryl methyl sites for hydroxylation is 2. The molecule has 1 aromatic carbocycles. The first-order valence-corrected chi connectivity index (χ1v) is 11.0. The number of carbonyl (C=O) groups excluding carboxylic acids is 1. The lowest BCUT2D eigenvalue weighted by atomic mass is 10.1. The van der Waals surface area contributed by atoms with Crippen molar-refractivity contribution >= 4 is 23.1 Å². The van der Waals surface area contributed by atoms with E-state index in [0.29, 0.717) is 53.1 Å². The highest BCUT2D eigenvalue weighted by Crippen LogP contribution is 2.30. The number of hydrogen-bond donors (Lipinski definition) is 2. The van der Waals surface area contributed by atoms with E-state index >= 15 is 0 Å². The Balaban J connectivity index is 1.55. The molecule has 0 radical (unpaired) electrons. The minimum Gasteiger partial charge on any atom is -0.487 e. The van der Waals surface area contributed by atoms with E-state index in [1.165, 1.54) is 0 Å². The maximum absolute atomic E-state index is 13.3. The summed E-state index contributed by atoms with van der Waals surface area (Å²) in [5.41, 5.74) is 9.53. The number of ether oxygens (including phenoxy) is 1. The van der Waals surface area contributed by atoms with Crippen LogP contribution in [0.5, 0.6) is 5.75 Å². The Hall–Kier alpha value is -2.64. The standard InChI is InChI=1S/C23H27ClN4O3/c1-3-17-21(24)13(2)26-22(27-17)15-11-28(12-16(15)25)23(30)14-7-4-5-9-19(14)31-20-10-6-8-18(20)29/h4-5,7,9,18,20,29H,3,6,8,10-12,25H2,1-2H3/t18-,20-/m0/s1. The number of nitrogens with zero attached hydrogens (tertiary/aromatic N) is 3. The Morgan fingerprint density at radius 2 is 2.06 bits per heavy atom. The summed E-state index contributed by atoms with van der Waals surface area (Å²) in [5.74, 6) is 0.824. The molecule has 1 aliphatic carbocycles. The van der Waals surface area contributed by atoms with Crippen LogP contribution in [0.15, 0.2) is 30.0 Å². The second-order valence-corrected chi connectivity index (χ2v) is 8.44. The van der Waals surface area contributed by atoms with Crippen molar-refractivity contribution in [1.29, 1.82) is 0 Å². The summed E-state index contributed by atoms with van der Waals surface area (Å²) < 4.78 is 6.02. The number of halogens is 1. The van der Waals surface area contributed by atoms with Gasteiger partial charge in [-0.05, 0) is 44.7 Å². The van der Waals surface area contributed by atoms with E-state index in [0.717, 1.165) is 30.5 Å². The minimum absolute atomic E-state index is 0.178. The monoisotopic (exact) mass is 442 g/mol. The number of aromatic nitrogens is 2. The molecule has 0 unspecified atom stereocenters. The zero-order valence-electron chi connectivity index (χ0n) is 17.8. The summed E-state index contributed by atoms with van der Waals surface area (Å²) in [4.78, 5) is 24.1. The van der Waals surface area contributed by atoms with Gasteiger partial charge in [0.25, 0.3) is 5.91 Å². The highest BCUT2D eigenvalue weighted by molar-refractivity contribution is 6.31. The average Bonchev–Trinajstić information content (AvgIpc) is 3.35. The van der Waals surface area contributed by atoms with E-state index < -0.39 is 6.10 Å². The number of aliphatic hydroxyl groups is 1. The van der Waals surface area contributed by atoms with Gasteiger partial charge in [0.1, 0.15) is 11.9 Å². The Morgan fingerprint density at radius 1 is 1.29 bits per heavy atom. The lowest BCUT2D eigenvalue weighted by Gasteiger charge is -2.22. The van der Waals surface area contributed by atoms with Crippen LogP contribution in [0, 0.1) is 6.92 Å². The fourth-order valence-corrected chi connectivity index (χ4v) is 4.34. The molecule has 2 aromatic rings. The first-order chi connectivity index (χ1) is 14.9. The van der Waals surface area contributed by atoms with Crippen molar-refractivity contribution in [3.63, 3.8) is 0 Å². The van der Waals surface area contributed by atoms with Crippen molar-refractivity contribution in [3.05, 3.63) is 57.8 Å². The molecule has 1 saturated carbocycles. The molecule has 31 heavy (non-hydrogen) atoms. The molecular formula is C23H27ClN4O3. The number of para-hydroxylation sites is 1. The van der Waals surface area contributed by atoms with Gasteiger partial charge in [-0.2, -0.15) is 0 Å². The van der Waals surface area contributed by atoms with Gasteiger partial charge in [0, 0.05) is 11.3 Å². The van der Waals surface area contributed by atoms with Gasteiger partial charge >= 0.3 is 0 Å². The second kappa shape index (κ2) is 8.85. The molecule has 4 rings (SSSR count). The third kappa shape index (κ3) is 4.25. The molecule has 1 aromatic heterocycles. The van der Waals surface area contributed by atoms with Gasteiger partial charge in [0.15, 0.2) is 5.82 Å². The number of nitrogens with two attached hydrogens (primary N) is 1. The maximum Gasteiger partial charge on any atom is 0.258 e. The summed E-state index contributed by atoms with van der Waals surface area (Å²) in [6.45, 7) is 4.43. The Labute approximate surface area is 186 Å². The van der Waals surface area contributed by atoms with E-state index in [4.69, 9.17) is 22.1 Å². The number of hydrogen-bond acceptors (Lipinski definition) is 6. The van der Waals surface area contributed by atoms with E-state index in [1.54, 1.807) is 23.1 Å². The van der Waals surface area contributed by atoms with Gasteiger partial charge < -0.3 is 20.5 Å². The van der Waals surface area contributed by atoms with Gasteiger partial charge in [-0.1, -0.05) is 30.7 Å². The zero-order chi connectivity index (χ0) is 22.1. The molecule has 0 spiro atoms. The molecule has 0 saturated heterocycles. The number of amides is 1. The van der Waals surface area contributed by atoms with E-state index in [-0.39, 0.29) is 12.0 Å². The first-order valence-electron chi connectivity index (χ1n) is 10.6. The van der Waals surface area contributed by atoms with E-state index in [1.807, 2.05) is 19.9 Å². The third-order valence-corrected chi connectivity index (χ3v) is 6.38. The van der Waals surface area contributed by atoms with Gasteiger partial charge in [-0.15, -0.1) is 0 Å². The number of aliphatic hydroxyl groups excluding tert-OH is 1. The fourth-order valence-electron chi connectivity index (χ4n) is 4.12. The average molecular weight is 443 g/mol. The Bertz CT molecular complexity index is 1040. The highest BCUT2D eigenvalue weighted by atomic mass is 35.5. The molecule has 1 fully saturated rings. The van der Waals surface area contributed by atoms with Crippen molar-refractivity contribution in [2.24, 2.45) is 5.73 Å². The number of benzene rings is 1.